The second kappa shape index (κ2) is 4.20. The fraction of sp³-hybridized carbons (Fsp3) is 0.786. The summed E-state index contributed by atoms with van der Waals surface area (Å²) >= 11 is 0. The molecule has 3 heterocycles. The highest BCUT2D eigenvalue weighted by molar-refractivity contribution is 6.05. The highest BCUT2D eigenvalue weighted by Gasteiger charge is 2.52. The van der Waals surface area contributed by atoms with Crippen molar-refractivity contribution in [2.24, 2.45) is 0 Å². The molecule has 6 nitrogen and oxygen atoms in total. The smallest absolute Gasteiger partial charge is 0.327 e. The molecule has 2 unspecified atom stereocenters. The number of hydrogen-bond acceptors (Lipinski definition) is 3. The zero-order chi connectivity index (χ0) is 14.7. The van der Waals surface area contributed by atoms with Crippen LogP contribution in [0.1, 0.15) is 40.0 Å². The van der Waals surface area contributed by atoms with Crippen molar-refractivity contribution in [3.8, 4) is 0 Å². The van der Waals surface area contributed by atoms with Crippen LogP contribution in [-0.4, -0.2) is 63.3 Å². The van der Waals surface area contributed by atoms with Crippen LogP contribution in [0.25, 0.3) is 0 Å². The predicted molar refractivity (Wildman–Crippen MR) is 71.8 cm³/mol. The minimum atomic E-state index is -0.299. The van der Waals surface area contributed by atoms with E-state index in [1.165, 1.54) is 4.90 Å². The third kappa shape index (κ3) is 1.81. The molecule has 0 bridgehead atoms. The molecule has 0 saturated carbocycles. The SMILES string of the molecule is CC(C)(C)N1CC(N2C(=O)C3CCCN3C2=O)CC1=O. The van der Waals surface area contributed by atoms with Gasteiger partial charge in [-0.15, -0.1) is 0 Å². The van der Waals surface area contributed by atoms with Crippen molar-refractivity contribution in [3.63, 3.8) is 0 Å². The van der Waals surface area contributed by atoms with Crippen LogP contribution in [0.5, 0.6) is 0 Å². The first kappa shape index (κ1) is 13.4. The summed E-state index contributed by atoms with van der Waals surface area (Å²) in [6.45, 7) is 7.03. The minimum absolute atomic E-state index is 0.0233. The number of nitrogens with zero attached hydrogens (tertiary/aromatic N) is 3. The first-order valence-corrected chi connectivity index (χ1v) is 7.25. The largest absolute Gasteiger partial charge is 0.336 e. The topological polar surface area (TPSA) is 60.9 Å². The van der Waals surface area contributed by atoms with Crippen molar-refractivity contribution in [1.82, 2.24) is 14.7 Å². The van der Waals surface area contributed by atoms with Gasteiger partial charge in [-0.2, -0.15) is 0 Å². The van der Waals surface area contributed by atoms with Gasteiger partial charge < -0.3 is 9.80 Å². The van der Waals surface area contributed by atoms with Crippen LogP contribution in [0.4, 0.5) is 4.79 Å². The number of fused-ring (bicyclic) bond motifs is 1. The quantitative estimate of drug-likeness (QED) is 0.667. The average Bonchev–Trinajstić information content (AvgIpc) is 2.98. The maximum absolute atomic E-state index is 12.4. The van der Waals surface area contributed by atoms with Crippen LogP contribution in [0.15, 0.2) is 0 Å². The maximum atomic E-state index is 12.4. The van der Waals surface area contributed by atoms with E-state index in [1.54, 1.807) is 9.80 Å². The molecule has 0 aromatic carbocycles. The molecule has 3 saturated heterocycles. The van der Waals surface area contributed by atoms with Crippen LogP contribution in [0.2, 0.25) is 0 Å². The molecule has 110 valence electrons. The first-order chi connectivity index (χ1) is 9.30. The van der Waals surface area contributed by atoms with Gasteiger partial charge in [0, 0.05) is 25.0 Å². The van der Waals surface area contributed by atoms with E-state index in [9.17, 15) is 14.4 Å². The summed E-state index contributed by atoms with van der Waals surface area (Å²) in [6, 6.07) is -0.778. The van der Waals surface area contributed by atoms with Gasteiger partial charge in [0.2, 0.25) is 5.91 Å². The molecule has 0 N–H and O–H groups in total. The Morgan fingerprint density at radius 1 is 1.15 bits per heavy atom. The number of rotatable bonds is 1. The number of urea groups is 1. The van der Waals surface area contributed by atoms with Crippen molar-refractivity contribution >= 4 is 17.8 Å². The molecule has 0 spiro atoms. The van der Waals surface area contributed by atoms with Gasteiger partial charge in [0.05, 0.1) is 6.04 Å². The Labute approximate surface area is 118 Å². The lowest BCUT2D eigenvalue weighted by atomic mass is 10.1. The summed E-state index contributed by atoms with van der Waals surface area (Å²) in [5.74, 6) is -0.0868. The number of likely N-dealkylation sites (tertiary alicyclic amines) is 1. The second-order valence-corrected chi connectivity index (χ2v) is 6.88. The summed E-state index contributed by atoms with van der Waals surface area (Å²) in [4.78, 5) is 41.6. The van der Waals surface area contributed by atoms with E-state index < -0.39 is 0 Å². The molecule has 6 heteroatoms. The monoisotopic (exact) mass is 279 g/mol. The van der Waals surface area contributed by atoms with E-state index in [1.807, 2.05) is 20.8 Å². The van der Waals surface area contributed by atoms with Gasteiger partial charge in [-0.1, -0.05) is 0 Å². The van der Waals surface area contributed by atoms with Crippen LogP contribution in [-0.2, 0) is 9.59 Å². The molecule has 0 aromatic rings. The molecule has 4 amide bonds. The number of carbonyl (C=O) groups excluding carboxylic acids is 3. The van der Waals surface area contributed by atoms with Gasteiger partial charge in [-0.3, -0.25) is 14.5 Å². The summed E-state index contributed by atoms with van der Waals surface area (Å²) in [6.07, 6.45) is 1.91. The van der Waals surface area contributed by atoms with Gasteiger partial charge in [0.15, 0.2) is 0 Å². The normalized spacial score (nSPS) is 30.8. The Morgan fingerprint density at radius 2 is 1.85 bits per heavy atom. The van der Waals surface area contributed by atoms with E-state index in [2.05, 4.69) is 0 Å². The fourth-order valence-electron chi connectivity index (χ4n) is 3.49. The molecule has 0 aliphatic carbocycles. The second-order valence-electron chi connectivity index (χ2n) is 6.88. The van der Waals surface area contributed by atoms with E-state index >= 15 is 0 Å². The lowest BCUT2D eigenvalue weighted by Gasteiger charge is -2.32. The Kier molecular flexibility index (Phi) is 2.81. The highest BCUT2D eigenvalue weighted by Crippen LogP contribution is 2.33. The Balaban J connectivity index is 1.80. The lowest BCUT2D eigenvalue weighted by molar-refractivity contribution is -0.131. The number of imide groups is 1. The van der Waals surface area contributed by atoms with Crippen molar-refractivity contribution in [1.29, 1.82) is 0 Å². The Hall–Kier alpha value is -1.59. The number of amides is 4. The molecule has 3 aliphatic heterocycles. The zero-order valence-corrected chi connectivity index (χ0v) is 12.3. The van der Waals surface area contributed by atoms with Crippen molar-refractivity contribution in [2.45, 2.75) is 57.7 Å². The van der Waals surface area contributed by atoms with Crippen LogP contribution < -0.4 is 0 Å². The molecule has 0 aromatic heterocycles. The summed E-state index contributed by atoms with van der Waals surface area (Å²) in [5.41, 5.74) is -0.270. The van der Waals surface area contributed by atoms with Gasteiger partial charge in [0.25, 0.3) is 5.91 Å². The van der Waals surface area contributed by atoms with E-state index in [0.717, 1.165) is 12.8 Å². The third-order valence-corrected chi connectivity index (χ3v) is 4.51. The maximum Gasteiger partial charge on any atom is 0.327 e. The molecule has 2 atom stereocenters. The average molecular weight is 279 g/mol. The molecule has 3 fully saturated rings. The van der Waals surface area contributed by atoms with Gasteiger partial charge in [-0.25, -0.2) is 4.79 Å². The molecular formula is C14H21N3O3. The number of hydrogen-bond donors (Lipinski definition) is 0. The number of carbonyl (C=O) groups is 3. The molecular weight excluding hydrogens is 258 g/mol. The van der Waals surface area contributed by atoms with Crippen molar-refractivity contribution in [2.75, 3.05) is 13.1 Å². The van der Waals surface area contributed by atoms with Crippen LogP contribution in [0, 0.1) is 0 Å². The minimum Gasteiger partial charge on any atom is -0.336 e. The third-order valence-electron chi connectivity index (χ3n) is 4.51. The van der Waals surface area contributed by atoms with Crippen LogP contribution in [0.3, 0.4) is 0 Å². The fourth-order valence-corrected chi connectivity index (χ4v) is 3.49. The summed E-state index contributed by atoms with van der Waals surface area (Å²) < 4.78 is 0. The Bertz CT molecular complexity index is 461. The molecule has 0 radical (unpaired) electrons. The molecule has 3 rings (SSSR count). The molecule has 3 aliphatic rings. The Morgan fingerprint density at radius 3 is 2.40 bits per heavy atom. The zero-order valence-electron chi connectivity index (χ0n) is 12.3. The van der Waals surface area contributed by atoms with Gasteiger partial charge in [0.1, 0.15) is 6.04 Å². The summed E-state index contributed by atoms with van der Waals surface area (Å²) in [7, 11) is 0. The van der Waals surface area contributed by atoms with Gasteiger partial charge >= 0.3 is 6.03 Å². The lowest BCUT2D eigenvalue weighted by Crippen LogP contribution is -2.46. The molecule has 20 heavy (non-hydrogen) atoms. The van der Waals surface area contributed by atoms with Gasteiger partial charge in [-0.05, 0) is 33.6 Å². The van der Waals surface area contributed by atoms with Crippen molar-refractivity contribution < 1.29 is 14.4 Å². The first-order valence-electron chi connectivity index (χ1n) is 7.25. The van der Waals surface area contributed by atoms with E-state index in [4.69, 9.17) is 0 Å². The van der Waals surface area contributed by atoms with E-state index in [-0.39, 0.29) is 41.9 Å². The standard InChI is InChI=1S/C14H21N3O3/c1-14(2,3)16-8-9(7-11(16)18)17-12(19)10-5-4-6-15(10)13(17)20/h9-10H,4-8H2,1-3H3. The predicted octanol–water partition coefficient (Wildman–Crippen LogP) is 0.812. The van der Waals surface area contributed by atoms with E-state index in [0.29, 0.717) is 13.1 Å². The van der Waals surface area contributed by atoms with Crippen molar-refractivity contribution in [3.05, 3.63) is 0 Å². The summed E-state index contributed by atoms with van der Waals surface area (Å²) in [5, 5.41) is 0. The highest BCUT2D eigenvalue weighted by atomic mass is 16.2. The van der Waals surface area contributed by atoms with Crippen LogP contribution >= 0.6 is 0 Å².